The van der Waals surface area contributed by atoms with Gasteiger partial charge < -0.3 is 19.3 Å². The van der Waals surface area contributed by atoms with Crippen molar-refractivity contribution in [2.75, 3.05) is 49.2 Å². The first kappa shape index (κ1) is 19.6. The highest BCUT2D eigenvalue weighted by Crippen LogP contribution is 2.35. The quantitative estimate of drug-likeness (QED) is 0.643. The minimum absolute atomic E-state index is 0.0239. The van der Waals surface area contributed by atoms with Gasteiger partial charge in [0, 0.05) is 44.2 Å². The van der Waals surface area contributed by atoms with Gasteiger partial charge in [-0.3, -0.25) is 4.98 Å². The normalized spacial score (nSPS) is 18.9. The molecule has 0 saturated carbocycles. The van der Waals surface area contributed by atoms with Crippen molar-refractivity contribution in [3.63, 3.8) is 0 Å². The second-order valence-corrected chi connectivity index (χ2v) is 7.81. The number of benzene rings is 2. The largest absolute Gasteiger partial charge is 0.486 e. The van der Waals surface area contributed by atoms with Crippen LogP contribution in [0.2, 0.25) is 0 Å². The molecule has 1 atom stereocenters. The Morgan fingerprint density at radius 2 is 1.87 bits per heavy atom. The molecule has 1 unspecified atom stereocenters. The lowest BCUT2D eigenvalue weighted by atomic mass is 10.1. The molecule has 1 aromatic heterocycles. The Morgan fingerprint density at radius 3 is 2.61 bits per heavy atom. The zero-order valence-corrected chi connectivity index (χ0v) is 17.1. The molecule has 3 aromatic rings. The monoisotopic (exact) mass is 418 g/mol. The van der Waals surface area contributed by atoms with Crippen LogP contribution in [0.3, 0.4) is 0 Å². The summed E-state index contributed by atoms with van der Waals surface area (Å²) >= 11 is 0. The van der Waals surface area contributed by atoms with Crippen LogP contribution in [0.5, 0.6) is 5.75 Å². The third-order valence-corrected chi connectivity index (χ3v) is 5.92. The number of halogens is 1. The highest BCUT2D eigenvalue weighted by atomic mass is 19.1. The Bertz CT molecular complexity index is 1130. The fraction of sp³-hybridized carbons (Fsp3) is 0.333. The predicted molar refractivity (Wildman–Crippen MR) is 117 cm³/mol. The minimum Gasteiger partial charge on any atom is -0.486 e. The van der Waals surface area contributed by atoms with Crippen molar-refractivity contribution in [3.05, 3.63) is 60.0 Å². The molecule has 2 saturated heterocycles. The maximum absolute atomic E-state index is 14.2. The molecule has 3 heterocycles. The molecule has 2 aliphatic heterocycles. The highest BCUT2D eigenvalue weighted by molar-refractivity contribution is 5.97. The summed E-state index contributed by atoms with van der Waals surface area (Å²) in [4.78, 5) is 8.80. The maximum atomic E-state index is 14.2. The van der Waals surface area contributed by atoms with Gasteiger partial charge in [0.05, 0.1) is 30.2 Å². The molecule has 0 bridgehead atoms. The van der Waals surface area contributed by atoms with Gasteiger partial charge in [0.1, 0.15) is 29.3 Å². The summed E-state index contributed by atoms with van der Waals surface area (Å²) in [5, 5.41) is 10.6. The molecular formula is C24H23FN4O2. The average Bonchev–Trinajstić information content (AvgIpc) is 3.32. The van der Waals surface area contributed by atoms with E-state index in [9.17, 15) is 9.65 Å². The number of nitriles is 1. The molecule has 0 N–H and O–H groups in total. The Balaban J connectivity index is 1.45. The van der Waals surface area contributed by atoms with Crippen LogP contribution >= 0.6 is 0 Å². The van der Waals surface area contributed by atoms with Gasteiger partial charge in [-0.15, -0.1) is 0 Å². The first-order valence-electron chi connectivity index (χ1n) is 10.6. The molecule has 0 amide bonds. The van der Waals surface area contributed by atoms with E-state index in [1.54, 1.807) is 12.3 Å². The number of hydrogen-bond donors (Lipinski definition) is 0. The van der Waals surface area contributed by atoms with Crippen LogP contribution in [-0.2, 0) is 4.74 Å². The summed E-state index contributed by atoms with van der Waals surface area (Å²) in [6.07, 6.45) is 2.51. The molecule has 31 heavy (non-hydrogen) atoms. The summed E-state index contributed by atoms with van der Waals surface area (Å²) in [7, 11) is 0. The Morgan fingerprint density at radius 1 is 1.06 bits per heavy atom. The molecule has 2 fully saturated rings. The van der Waals surface area contributed by atoms with Gasteiger partial charge in [0.25, 0.3) is 0 Å². The number of para-hydroxylation sites is 2. The summed E-state index contributed by atoms with van der Waals surface area (Å²) in [6, 6.07) is 15.0. The van der Waals surface area contributed by atoms with Gasteiger partial charge in [0.2, 0.25) is 0 Å². The number of fused-ring (bicyclic) bond motifs is 1. The molecule has 158 valence electrons. The summed E-state index contributed by atoms with van der Waals surface area (Å²) < 4.78 is 25.8. The third kappa shape index (κ3) is 3.75. The average molecular weight is 418 g/mol. The van der Waals surface area contributed by atoms with Gasteiger partial charge in [0.15, 0.2) is 0 Å². The molecule has 0 radical (unpaired) electrons. The molecular weight excluding hydrogens is 395 g/mol. The van der Waals surface area contributed by atoms with Crippen molar-refractivity contribution in [3.8, 4) is 11.8 Å². The summed E-state index contributed by atoms with van der Waals surface area (Å²) in [5.41, 5.74) is 2.78. The smallest absolute Gasteiger partial charge is 0.146 e. The summed E-state index contributed by atoms with van der Waals surface area (Å²) in [5.74, 6) is 0.504. The summed E-state index contributed by atoms with van der Waals surface area (Å²) in [6.45, 7) is 4.00. The van der Waals surface area contributed by atoms with E-state index >= 15 is 0 Å². The lowest BCUT2D eigenvalue weighted by molar-refractivity contribution is 0.142. The second-order valence-electron chi connectivity index (χ2n) is 7.81. The van der Waals surface area contributed by atoms with Crippen molar-refractivity contribution >= 4 is 22.3 Å². The molecule has 5 rings (SSSR count). The van der Waals surface area contributed by atoms with E-state index in [0.717, 1.165) is 23.0 Å². The van der Waals surface area contributed by atoms with Crippen LogP contribution < -0.4 is 14.5 Å². The number of anilines is 2. The first-order valence-corrected chi connectivity index (χ1v) is 10.6. The van der Waals surface area contributed by atoms with Gasteiger partial charge in [-0.1, -0.05) is 24.3 Å². The fourth-order valence-corrected chi connectivity index (χ4v) is 4.36. The molecule has 6 nitrogen and oxygen atoms in total. The first-order chi connectivity index (χ1) is 15.2. The number of ether oxygens (including phenoxy) is 2. The lowest BCUT2D eigenvalue weighted by Gasteiger charge is -2.38. The van der Waals surface area contributed by atoms with E-state index in [1.165, 1.54) is 6.07 Å². The van der Waals surface area contributed by atoms with E-state index in [0.29, 0.717) is 56.4 Å². The van der Waals surface area contributed by atoms with Crippen molar-refractivity contribution in [2.24, 2.45) is 0 Å². The van der Waals surface area contributed by atoms with Gasteiger partial charge >= 0.3 is 0 Å². The van der Waals surface area contributed by atoms with E-state index < -0.39 is 0 Å². The maximum Gasteiger partial charge on any atom is 0.146 e. The van der Waals surface area contributed by atoms with E-state index in [1.807, 2.05) is 30.3 Å². The number of rotatable bonds is 4. The number of pyridine rings is 1. The number of aromatic nitrogens is 1. The standard InChI is InChI=1S/C24H23FN4O2/c25-20-5-1-2-6-21(20)28-9-11-29(12-10-28)24-17(14-26)15-27-23-19(24)4-3-7-22(23)31-18-8-13-30-16-18/h1-7,15,18H,8-13,16H2. The van der Waals surface area contributed by atoms with Gasteiger partial charge in [-0.05, 0) is 18.2 Å². The highest BCUT2D eigenvalue weighted by Gasteiger charge is 2.25. The van der Waals surface area contributed by atoms with Crippen LogP contribution in [0.25, 0.3) is 10.9 Å². The number of nitrogens with zero attached hydrogens (tertiary/aromatic N) is 4. The SMILES string of the molecule is N#Cc1cnc2c(OC3CCOC3)cccc2c1N1CCN(c2ccccc2F)CC1. The van der Waals surface area contributed by atoms with Crippen molar-refractivity contribution < 1.29 is 13.9 Å². The topological polar surface area (TPSA) is 61.6 Å². The predicted octanol–water partition coefficient (Wildman–Crippen LogP) is 3.74. The number of piperazine rings is 1. The van der Waals surface area contributed by atoms with Crippen LogP contribution in [0.1, 0.15) is 12.0 Å². The Kier molecular flexibility index (Phi) is 5.31. The molecule has 2 aromatic carbocycles. The second kappa shape index (κ2) is 8.40. The van der Waals surface area contributed by atoms with Crippen LogP contribution in [0, 0.1) is 17.1 Å². The zero-order valence-electron chi connectivity index (χ0n) is 17.1. The van der Waals surface area contributed by atoms with E-state index in [2.05, 4.69) is 20.9 Å². The molecule has 2 aliphatic rings. The minimum atomic E-state index is -0.208. The molecule has 0 spiro atoms. The van der Waals surface area contributed by atoms with Crippen molar-refractivity contribution in [1.82, 2.24) is 4.98 Å². The van der Waals surface area contributed by atoms with Crippen molar-refractivity contribution in [2.45, 2.75) is 12.5 Å². The molecule has 7 heteroatoms. The number of hydrogen-bond acceptors (Lipinski definition) is 6. The zero-order chi connectivity index (χ0) is 21.2. The van der Waals surface area contributed by atoms with E-state index in [4.69, 9.17) is 9.47 Å². The third-order valence-electron chi connectivity index (χ3n) is 5.92. The Labute approximate surface area is 180 Å². The van der Waals surface area contributed by atoms with Crippen LogP contribution in [0.4, 0.5) is 15.8 Å². The van der Waals surface area contributed by atoms with E-state index in [-0.39, 0.29) is 11.9 Å². The van der Waals surface area contributed by atoms with Crippen LogP contribution in [0.15, 0.2) is 48.7 Å². The fourth-order valence-electron chi connectivity index (χ4n) is 4.36. The van der Waals surface area contributed by atoms with Crippen molar-refractivity contribution in [1.29, 1.82) is 5.26 Å². The van der Waals surface area contributed by atoms with Gasteiger partial charge in [-0.2, -0.15) is 5.26 Å². The lowest BCUT2D eigenvalue weighted by Crippen LogP contribution is -2.47. The molecule has 0 aliphatic carbocycles. The Hall–Kier alpha value is -3.37. The van der Waals surface area contributed by atoms with Gasteiger partial charge in [-0.25, -0.2) is 4.39 Å². The van der Waals surface area contributed by atoms with Crippen LogP contribution in [-0.4, -0.2) is 50.5 Å².